The maximum atomic E-state index is 13.3. The average Bonchev–Trinajstić information content (AvgIpc) is 3.44. The molecule has 0 saturated heterocycles. The Balaban J connectivity index is 1.20. The van der Waals surface area contributed by atoms with Gasteiger partial charge in [-0.3, -0.25) is 4.79 Å². The molecule has 5 aromatic rings. The molecule has 1 aliphatic rings. The summed E-state index contributed by atoms with van der Waals surface area (Å²) in [6.07, 6.45) is 3.98. The Kier molecular flexibility index (Phi) is 4.83. The molecule has 33 heavy (non-hydrogen) atoms. The van der Waals surface area contributed by atoms with Crippen molar-refractivity contribution in [2.45, 2.75) is 18.0 Å². The summed E-state index contributed by atoms with van der Waals surface area (Å²) in [6.45, 7) is 1.31. The fourth-order valence-corrected chi connectivity index (χ4v) is 5.17. The van der Waals surface area contributed by atoms with Gasteiger partial charge in [0.05, 0.1) is 23.0 Å². The first kappa shape index (κ1) is 19.9. The predicted octanol–water partition coefficient (Wildman–Crippen LogP) is 4.11. The molecule has 7 nitrogen and oxygen atoms in total. The number of hydrogen-bond donors (Lipinski definition) is 1. The monoisotopic (exact) mass is 458 g/mol. The molecule has 0 fully saturated rings. The van der Waals surface area contributed by atoms with Crippen LogP contribution in [0.5, 0.6) is 0 Å². The number of aromatic amines is 1. The molecule has 1 amide bonds. The Hall–Kier alpha value is -3.72. The van der Waals surface area contributed by atoms with Gasteiger partial charge in [0.15, 0.2) is 5.65 Å². The molecule has 164 valence electrons. The lowest BCUT2D eigenvalue weighted by molar-refractivity contribution is -0.129. The van der Waals surface area contributed by atoms with Gasteiger partial charge in [0.1, 0.15) is 17.2 Å². The number of carbonyl (C=O) groups is 1. The van der Waals surface area contributed by atoms with E-state index in [4.69, 9.17) is 0 Å². The van der Waals surface area contributed by atoms with Crippen LogP contribution >= 0.6 is 11.8 Å². The molecular weight excluding hydrogens is 439 g/mol. The summed E-state index contributed by atoms with van der Waals surface area (Å²) in [6, 6.07) is 14.3. The van der Waals surface area contributed by atoms with Crippen molar-refractivity contribution in [3.63, 3.8) is 0 Å². The van der Waals surface area contributed by atoms with Crippen molar-refractivity contribution >= 4 is 39.6 Å². The predicted molar refractivity (Wildman–Crippen MR) is 125 cm³/mol. The van der Waals surface area contributed by atoms with Crippen molar-refractivity contribution in [1.82, 2.24) is 29.6 Å². The van der Waals surface area contributed by atoms with Gasteiger partial charge in [-0.05, 0) is 30.3 Å². The second-order valence-electron chi connectivity index (χ2n) is 7.93. The lowest BCUT2D eigenvalue weighted by Crippen LogP contribution is -2.36. The van der Waals surface area contributed by atoms with E-state index in [1.54, 1.807) is 23.0 Å². The van der Waals surface area contributed by atoms with Crippen LogP contribution in [0.25, 0.3) is 27.6 Å². The fraction of sp³-hybridized carbons (Fsp3) is 0.167. The van der Waals surface area contributed by atoms with Gasteiger partial charge in [0.25, 0.3) is 0 Å². The standard InChI is InChI=1S/C24H19FN6OS/c25-15-5-7-16(8-6-15)31-23-18(11-28-31)24(27-14-26-23)33-13-22(32)30-10-9-21-19(12-30)17-3-1-2-4-20(17)29-21/h1-8,11,14,29H,9-10,12-13H2. The zero-order valence-corrected chi connectivity index (χ0v) is 18.3. The highest BCUT2D eigenvalue weighted by molar-refractivity contribution is 8.00. The number of fused-ring (bicyclic) bond motifs is 4. The third-order valence-corrected chi connectivity index (χ3v) is 6.96. The largest absolute Gasteiger partial charge is 0.358 e. The van der Waals surface area contributed by atoms with Crippen molar-refractivity contribution in [1.29, 1.82) is 0 Å². The minimum atomic E-state index is -0.308. The molecule has 0 aliphatic carbocycles. The van der Waals surface area contributed by atoms with Crippen LogP contribution in [0, 0.1) is 5.82 Å². The Morgan fingerprint density at radius 3 is 2.82 bits per heavy atom. The minimum Gasteiger partial charge on any atom is -0.358 e. The summed E-state index contributed by atoms with van der Waals surface area (Å²) in [5, 5.41) is 7.05. The van der Waals surface area contributed by atoms with Crippen LogP contribution in [0.3, 0.4) is 0 Å². The van der Waals surface area contributed by atoms with Crippen LogP contribution < -0.4 is 0 Å². The highest BCUT2D eigenvalue weighted by atomic mass is 32.2. The first-order chi connectivity index (χ1) is 16.2. The molecule has 0 unspecified atom stereocenters. The van der Waals surface area contributed by atoms with Gasteiger partial charge in [-0.25, -0.2) is 19.0 Å². The number of amides is 1. The number of carbonyl (C=O) groups excluding carboxylic acids is 1. The van der Waals surface area contributed by atoms with E-state index in [0.717, 1.165) is 17.3 Å². The normalized spacial score (nSPS) is 13.5. The van der Waals surface area contributed by atoms with Gasteiger partial charge in [-0.15, -0.1) is 0 Å². The van der Waals surface area contributed by atoms with E-state index in [9.17, 15) is 9.18 Å². The molecule has 2 aromatic carbocycles. The highest BCUT2D eigenvalue weighted by Gasteiger charge is 2.24. The number of rotatable bonds is 4. The van der Waals surface area contributed by atoms with E-state index >= 15 is 0 Å². The maximum Gasteiger partial charge on any atom is 0.233 e. The molecular formula is C24H19FN6OS. The number of H-pyrrole nitrogens is 1. The summed E-state index contributed by atoms with van der Waals surface area (Å²) >= 11 is 1.39. The van der Waals surface area contributed by atoms with Crippen LogP contribution in [0.2, 0.25) is 0 Å². The lowest BCUT2D eigenvalue weighted by Gasteiger charge is -2.27. The van der Waals surface area contributed by atoms with Crippen LogP contribution in [0.15, 0.2) is 66.1 Å². The number of halogens is 1. The second kappa shape index (κ2) is 8.00. The van der Waals surface area contributed by atoms with Crippen LogP contribution in [0.4, 0.5) is 4.39 Å². The van der Waals surface area contributed by atoms with E-state index in [0.29, 0.717) is 29.5 Å². The van der Waals surface area contributed by atoms with Crippen LogP contribution in [-0.4, -0.2) is 47.8 Å². The number of nitrogens with one attached hydrogen (secondary N) is 1. The van der Waals surface area contributed by atoms with Gasteiger partial charge in [-0.1, -0.05) is 30.0 Å². The highest BCUT2D eigenvalue weighted by Crippen LogP contribution is 2.29. The fourth-order valence-electron chi connectivity index (χ4n) is 4.31. The zero-order chi connectivity index (χ0) is 22.4. The number of hydrogen-bond acceptors (Lipinski definition) is 5. The van der Waals surface area contributed by atoms with E-state index in [-0.39, 0.29) is 17.5 Å². The third-order valence-electron chi connectivity index (χ3n) is 5.97. The first-order valence-corrected chi connectivity index (χ1v) is 11.6. The molecule has 4 heterocycles. The number of thioether (sulfide) groups is 1. The number of benzene rings is 2. The van der Waals surface area contributed by atoms with Gasteiger partial charge >= 0.3 is 0 Å². The van der Waals surface area contributed by atoms with E-state index in [1.165, 1.54) is 46.9 Å². The van der Waals surface area contributed by atoms with E-state index in [1.807, 2.05) is 17.0 Å². The molecule has 1 aliphatic heterocycles. The Morgan fingerprint density at radius 2 is 1.94 bits per heavy atom. The van der Waals surface area contributed by atoms with Gasteiger partial charge in [-0.2, -0.15) is 5.10 Å². The lowest BCUT2D eigenvalue weighted by atomic mass is 10.0. The molecule has 0 bridgehead atoms. The zero-order valence-electron chi connectivity index (χ0n) is 17.5. The van der Waals surface area contributed by atoms with Gasteiger partial charge in [0.2, 0.25) is 5.91 Å². The number of nitrogens with zero attached hydrogens (tertiary/aromatic N) is 5. The summed E-state index contributed by atoms with van der Waals surface area (Å²) in [5.74, 6) is 0.0524. The van der Waals surface area contributed by atoms with Crippen LogP contribution in [-0.2, 0) is 17.8 Å². The van der Waals surface area contributed by atoms with Crippen molar-refractivity contribution in [2.24, 2.45) is 0 Å². The molecule has 1 N–H and O–H groups in total. The van der Waals surface area contributed by atoms with Crippen molar-refractivity contribution in [2.75, 3.05) is 12.3 Å². The van der Waals surface area contributed by atoms with E-state index < -0.39 is 0 Å². The molecule has 3 aromatic heterocycles. The molecule has 6 rings (SSSR count). The molecule has 9 heteroatoms. The number of para-hydroxylation sites is 1. The number of aromatic nitrogens is 5. The third kappa shape index (κ3) is 3.54. The summed E-state index contributed by atoms with van der Waals surface area (Å²) in [7, 11) is 0. The Bertz CT molecular complexity index is 1490. The summed E-state index contributed by atoms with van der Waals surface area (Å²) in [5.41, 5.74) is 4.87. The molecule has 0 radical (unpaired) electrons. The molecule has 0 spiro atoms. The maximum absolute atomic E-state index is 13.3. The van der Waals surface area contributed by atoms with Crippen molar-refractivity contribution in [3.8, 4) is 5.69 Å². The Morgan fingerprint density at radius 1 is 1.09 bits per heavy atom. The quantitative estimate of drug-likeness (QED) is 0.324. The summed E-state index contributed by atoms with van der Waals surface area (Å²) < 4.78 is 14.9. The molecule has 0 atom stereocenters. The summed E-state index contributed by atoms with van der Waals surface area (Å²) in [4.78, 5) is 27.1. The van der Waals surface area contributed by atoms with Crippen molar-refractivity contribution in [3.05, 3.63) is 78.1 Å². The Labute approximate surface area is 192 Å². The SMILES string of the molecule is O=C(CSc1ncnc2c1cnn2-c1ccc(F)cc1)N1CCc2[nH]c3ccccc3c2C1. The van der Waals surface area contributed by atoms with Crippen molar-refractivity contribution < 1.29 is 9.18 Å². The van der Waals surface area contributed by atoms with E-state index in [2.05, 4.69) is 32.2 Å². The second-order valence-corrected chi connectivity index (χ2v) is 8.89. The topological polar surface area (TPSA) is 79.7 Å². The van der Waals surface area contributed by atoms with Gasteiger partial charge in [0, 0.05) is 41.7 Å². The van der Waals surface area contributed by atoms with Crippen LogP contribution in [0.1, 0.15) is 11.3 Å². The first-order valence-electron chi connectivity index (χ1n) is 10.6. The van der Waals surface area contributed by atoms with Gasteiger partial charge < -0.3 is 9.88 Å². The molecule has 0 saturated carbocycles. The average molecular weight is 459 g/mol. The minimum absolute atomic E-state index is 0.0774. The smallest absolute Gasteiger partial charge is 0.233 e.